The predicted octanol–water partition coefficient (Wildman–Crippen LogP) is 2.61. The highest BCUT2D eigenvalue weighted by Crippen LogP contribution is 2.27. The van der Waals surface area contributed by atoms with Crippen LogP contribution in [0.5, 0.6) is 0 Å². The van der Waals surface area contributed by atoms with E-state index in [9.17, 15) is 14.9 Å². The van der Waals surface area contributed by atoms with Gasteiger partial charge in [0.1, 0.15) is 0 Å². The number of nitrogens with zero attached hydrogens (tertiary/aromatic N) is 2. The standard InChI is InChI=1S/C13H14N2O4/c1-3-5-13(16)19-14-9(2)8-10-11(14)6-4-7-12(10)15(17)18/h4,6-8H,3,5H2,1-2H3. The monoisotopic (exact) mass is 262 g/mol. The lowest BCUT2D eigenvalue weighted by atomic mass is 10.2. The van der Waals surface area contributed by atoms with Gasteiger partial charge in [0.25, 0.3) is 5.69 Å². The van der Waals surface area contributed by atoms with Crippen LogP contribution in [0.4, 0.5) is 5.69 Å². The molecule has 0 aliphatic heterocycles. The fraction of sp³-hybridized carbons (Fsp3) is 0.308. The quantitative estimate of drug-likeness (QED) is 0.627. The SMILES string of the molecule is CCCC(=O)On1c(C)cc2c([N+](=O)[O-])cccc21. The third-order valence-corrected chi connectivity index (χ3v) is 2.80. The number of fused-ring (bicyclic) bond motifs is 1. The second kappa shape index (κ2) is 5.09. The highest BCUT2D eigenvalue weighted by molar-refractivity contribution is 5.90. The van der Waals surface area contributed by atoms with Crippen LogP contribution in [0.2, 0.25) is 0 Å². The van der Waals surface area contributed by atoms with Crippen LogP contribution >= 0.6 is 0 Å². The van der Waals surface area contributed by atoms with E-state index in [1.807, 2.05) is 6.92 Å². The Morgan fingerprint density at radius 3 is 2.84 bits per heavy atom. The van der Waals surface area contributed by atoms with Crippen LogP contribution in [0.15, 0.2) is 24.3 Å². The number of aromatic nitrogens is 1. The molecule has 0 aliphatic carbocycles. The predicted molar refractivity (Wildman–Crippen MR) is 69.8 cm³/mol. The fourth-order valence-corrected chi connectivity index (χ4v) is 1.96. The number of hydrogen-bond donors (Lipinski definition) is 0. The average molecular weight is 262 g/mol. The maximum absolute atomic E-state index is 11.5. The Morgan fingerprint density at radius 2 is 2.21 bits per heavy atom. The van der Waals surface area contributed by atoms with E-state index in [0.29, 0.717) is 29.4 Å². The largest absolute Gasteiger partial charge is 0.336 e. The van der Waals surface area contributed by atoms with E-state index in [-0.39, 0.29) is 11.7 Å². The number of aryl methyl sites for hydroxylation is 1. The first-order chi connectivity index (χ1) is 9.04. The van der Waals surface area contributed by atoms with Crippen molar-refractivity contribution in [1.82, 2.24) is 4.73 Å². The second-order valence-corrected chi connectivity index (χ2v) is 4.26. The van der Waals surface area contributed by atoms with Gasteiger partial charge >= 0.3 is 5.97 Å². The van der Waals surface area contributed by atoms with E-state index in [1.54, 1.807) is 25.1 Å². The third kappa shape index (κ3) is 2.42. The Labute approximate surface area is 109 Å². The summed E-state index contributed by atoms with van der Waals surface area (Å²) in [5.74, 6) is -0.352. The first-order valence-electron chi connectivity index (χ1n) is 6.01. The molecule has 0 saturated carbocycles. The molecule has 0 spiro atoms. The van der Waals surface area contributed by atoms with Crippen LogP contribution in [0, 0.1) is 17.0 Å². The number of nitro benzene ring substituents is 1. The van der Waals surface area contributed by atoms with Gasteiger partial charge in [0.2, 0.25) is 0 Å². The summed E-state index contributed by atoms with van der Waals surface area (Å²) < 4.78 is 1.35. The molecule has 1 heterocycles. The Morgan fingerprint density at radius 1 is 1.47 bits per heavy atom. The van der Waals surface area contributed by atoms with Gasteiger partial charge in [0.15, 0.2) is 0 Å². The van der Waals surface area contributed by atoms with Crippen LogP contribution in [0.1, 0.15) is 25.5 Å². The van der Waals surface area contributed by atoms with Crippen LogP contribution in [0.25, 0.3) is 10.9 Å². The molecule has 0 fully saturated rings. The van der Waals surface area contributed by atoms with Crippen molar-refractivity contribution >= 4 is 22.6 Å². The van der Waals surface area contributed by atoms with E-state index in [4.69, 9.17) is 4.84 Å². The lowest BCUT2D eigenvalue weighted by Crippen LogP contribution is -2.20. The minimum absolute atomic E-state index is 0.00545. The summed E-state index contributed by atoms with van der Waals surface area (Å²) in [5, 5.41) is 11.4. The molecule has 0 atom stereocenters. The number of nitro groups is 1. The van der Waals surface area contributed by atoms with Crippen LogP contribution in [-0.4, -0.2) is 15.6 Å². The number of carbonyl (C=O) groups is 1. The van der Waals surface area contributed by atoms with Crippen molar-refractivity contribution < 1.29 is 14.6 Å². The van der Waals surface area contributed by atoms with Crippen LogP contribution < -0.4 is 4.84 Å². The molecule has 0 radical (unpaired) electrons. The topological polar surface area (TPSA) is 74.4 Å². The minimum Gasteiger partial charge on any atom is -0.336 e. The first-order valence-corrected chi connectivity index (χ1v) is 6.01. The molecule has 0 unspecified atom stereocenters. The normalized spacial score (nSPS) is 10.6. The smallest absolute Gasteiger partial charge is 0.332 e. The highest BCUT2D eigenvalue weighted by Gasteiger charge is 2.18. The molecule has 0 saturated heterocycles. The zero-order valence-corrected chi connectivity index (χ0v) is 10.8. The number of benzene rings is 1. The molecule has 19 heavy (non-hydrogen) atoms. The van der Waals surface area contributed by atoms with Crippen LogP contribution in [0.3, 0.4) is 0 Å². The molecule has 0 bridgehead atoms. The number of carbonyl (C=O) groups excluding carboxylic acids is 1. The molecule has 1 aromatic carbocycles. The molecule has 6 heteroatoms. The lowest BCUT2D eigenvalue weighted by Gasteiger charge is -2.07. The molecular formula is C13H14N2O4. The minimum atomic E-state index is -0.444. The van der Waals surface area contributed by atoms with Crippen LogP contribution in [-0.2, 0) is 4.79 Å². The Hall–Kier alpha value is -2.37. The number of non-ortho nitro benzene ring substituents is 1. The number of hydrogen-bond acceptors (Lipinski definition) is 4. The van der Waals surface area contributed by atoms with Gasteiger partial charge in [0.05, 0.1) is 21.5 Å². The maximum atomic E-state index is 11.5. The van der Waals surface area contributed by atoms with Gasteiger partial charge in [-0.05, 0) is 25.5 Å². The summed E-state index contributed by atoms with van der Waals surface area (Å²) in [6, 6.07) is 6.34. The van der Waals surface area contributed by atoms with Crippen molar-refractivity contribution in [1.29, 1.82) is 0 Å². The molecule has 0 amide bonds. The summed E-state index contributed by atoms with van der Waals surface area (Å²) in [6.45, 7) is 3.62. The lowest BCUT2D eigenvalue weighted by molar-refractivity contribution is -0.383. The molecule has 6 nitrogen and oxygen atoms in total. The zero-order chi connectivity index (χ0) is 14.0. The molecule has 2 aromatic rings. The number of rotatable bonds is 4. The third-order valence-electron chi connectivity index (χ3n) is 2.80. The molecule has 0 aliphatic rings. The van der Waals surface area contributed by atoms with Crippen molar-refractivity contribution in [2.45, 2.75) is 26.7 Å². The first kappa shape index (κ1) is 13.1. The van der Waals surface area contributed by atoms with Gasteiger partial charge in [-0.15, -0.1) is 0 Å². The van der Waals surface area contributed by atoms with Gasteiger partial charge < -0.3 is 4.84 Å². The van der Waals surface area contributed by atoms with Crippen molar-refractivity contribution in [2.24, 2.45) is 0 Å². The van der Waals surface area contributed by atoms with E-state index in [2.05, 4.69) is 0 Å². The summed E-state index contributed by atoms with van der Waals surface area (Å²) in [5.41, 5.74) is 1.18. The summed E-state index contributed by atoms with van der Waals surface area (Å²) in [4.78, 5) is 27.3. The maximum Gasteiger partial charge on any atom is 0.332 e. The molecule has 100 valence electrons. The second-order valence-electron chi connectivity index (χ2n) is 4.26. The fourth-order valence-electron chi connectivity index (χ4n) is 1.96. The van der Waals surface area contributed by atoms with Gasteiger partial charge in [-0.1, -0.05) is 13.0 Å². The molecule has 2 rings (SSSR count). The van der Waals surface area contributed by atoms with Gasteiger partial charge in [0, 0.05) is 12.5 Å². The van der Waals surface area contributed by atoms with Gasteiger partial charge in [-0.25, -0.2) is 4.79 Å². The van der Waals surface area contributed by atoms with Gasteiger partial charge in [-0.2, -0.15) is 4.73 Å². The summed E-state index contributed by atoms with van der Waals surface area (Å²) >= 11 is 0. The van der Waals surface area contributed by atoms with Crippen molar-refractivity contribution in [3.05, 3.63) is 40.1 Å². The highest BCUT2D eigenvalue weighted by atomic mass is 16.7. The Kier molecular flexibility index (Phi) is 3.50. The average Bonchev–Trinajstić information content (AvgIpc) is 2.66. The van der Waals surface area contributed by atoms with Crippen molar-refractivity contribution in [2.75, 3.05) is 0 Å². The molecular weight excluding hydrogens is 248 g/mol. The van der Waals surface area contributed by atoms with E-state index in [0.717, 1.165) is 0 Å². The summed E-state index contributed by atoms with van der Waals surface area (Å²) in [7, 11) is 0. The molecule has 1 aromatic heterocycles. The van der Waals surface area contributed by atoms with E-state index >= 15 is 0 Å². The van der Waals surface area contributed by atoms with E-state index in [1.165, 1.54) is 10.8 Å². The zero-order valence-electron chi connectivity index (χ0n) is 10.8. The molecule has 0 N–H and O–H groups in total. The van der Waals surface area contributed by atoms with Crippen molar-refractivity contribution in [3.63, 3.8) is 0 Å². The van der Waals surface area contributed by atoms with Gasteiger partial charge in [-0.3, -0.25) is 10.1 Å². The Balaban J connectivity index is 2.51. The Bertz CT molecular complexity index is 645. The summed E-state index contributed by atoms with van der Waals surface area (Å²) in [6.07, 6.45) is 1.01. The van der Waals surface area contributed by atoms with E-state index < -0.39 is 4.92 Å². The van der Waals surface area contributed by atoms with Crippen molar-refractivity contribution in [3.8, 4) is 0 Å².